The van der Waals surface area contributed by atoms with Gasteiger partial charge < -0.3 is 41.7 Å². The highest BCUT2D eigenvalue weighted by molar-refractivity contribution is 5.99. The van der Waals surface area contributed by atoms with Crippen molar-refractivity contribution >= 4 is 17.3 Å². The minimum Gasteiger partial charge on any atom is -0.504 e. The normalized spacial score (nSPS) is 21.6. The van der Waals surface area contributed by atoms with E-state index in [1.54, 1.807) is 18.3 Å². The first-order valence-corrected chi connectivity index (χ1v) is 15.7. The summed E-state index contributed by atoms with van der Waals surface area (Å²) in [6, 6.07) is 12.6. The molecule has 0 radical (unpaired) electrons. The fourth-order valence-corrected chi connectivity index (χ4v) is 6.83. The molecule has 2 saturated heterocycles. The number of hydrogen-bond acceptors (Lipinski definition) is 10. The number of halogens is 1. The van der Waals surface area contributed by atoms with Crippen LogP contribution in [0.2, 0.25) is 0 Å². The van der Waals surface area contributed by atoms with Crippen LogP contribution in [0.5, 0.6) is 11.5 Å². The molecular formula is C34H39FN8O3. The maximum Gasteiger partial charge on any atom is 0.251 e. The van der Waals surface area contributed by atoms with E-state index < -0.39 is 11.6 Å². The number of nitrogens with one attached hydrogen (secondary N) is 2. The third-order valence-electron chi connectivity index (χ3n) is 9.43. The van der Waals surface area contributed by atoms with Crippen molar-refractivity contribution in [2.75, 3.05) is 44.2 Å². The number of nitrogens with two attached hydrogens (primary N) is 2. The SMILES string of the molecule is Cc1cc(OC2CC3CNC(N)=C(/C=C(\N)c4cccc(F)c4O)N3C2)cnc1CN1CCN(c2ccc3c(c2)C(=O)NC3)CC1. The van der Waals surface area contributed by atoms with Gasteiger partial charge in [0.25, 0.3) is 5.91 Å². The Morgan fingerprint density at radius 1 is 1.17 bits per heavy atom. The van der Waals surface area contributed by atoms with E-state index in [9.17, 15) is 14.3 Å². The summed E-state index contributed by atoms with van der Waals surface area (Å²) in [6.45, 7) is 8.31. The number of allylic oxidation sites excluding steroid dienone is 1. The van der Waals surface area contributed by atoms with Gasteiger partial charge in [0, 0.05) is 74.7 Å². The Hall–Kier alpha value is -4.97. The average Bonchev–Trinajstić information content (AvgIpc) is 3.64. The third kappa shape index (κ3) is 5.76. The molecule has 7 N–H and O–H groups in total. The predicted octanol–water partition coefficient (Wildman–Crippen LogP) is 2.35. The zero-order valence-electron chi connectivity index (χ0n) is 25.8. The Morgan fingerprint density at radius 2 is 2.00 bits per heavy atom. The summed E-state index contributed by atoms with van der Waals surface area (Å²) in [6.07, 6.45) is 4.17. The average molecular weight is 627 g/mol. The van der Waals surface area contributed by atoms with E-state index in [1.807, 2.05) is 6.07 Å². The van der Waals surface area contributed by atoms with Crippen LogP contribution in [-0.2, 0) is 13.1 Å². The maximum absolute atomic E-state index is 13.9. The number of phenolic OH excluding ortho intramolecular Hbond substituents is 1. The van der Waals surface area contributed by atoms with Crippen LogP contribution in [0.1, 0.15) is 39.2 Å². The number of phenols is 1. The number of aromatic hydroxyl groups is 1. The first-order chi connectivity index (χ1) is 22.2. The predicted molar refractivity (Wildman–Crippen MR) is 173 cm³/mol. The van der Waals surface area contributed by atoms with Gasteiger partial charge in [0.15, 0.2) is 11.6 Å². The maximum atomic E-state index is 13.9. The number of carbonyl (C=O) groups excluding carboxylic acids is 1. The number of carbonyl (C=O) groups is 1. The van der Waals surface area contributed by atoms with E-state index in [1.165, 1.54) is 12.1 Å². The summed E-state index contributed by atoms with van der Waals surface area (Å²) in [4.78, 5) is 23.8. The van der Waals surface area contributed by atoms with Crippen LogP contribution in [0.25, 0.3) is 5.70 Å². The zero-order chi connectivity index (χ0) is 31.9. The van der Waals surface area contributed by atoms with Crippen LogP contribution in [0.3, 0.4) is 0 Å². The Kier molecular flexibility index (Phi) is 7.81. The Morgan fingerprint density at radius 3 is 2.80 bits per heavy atom. The summed E-state index contributed by atoms with van der Waals surface area (Å²) < 4.78 is 20.3. The largest absolute Gasteiger partial charge is 0.504 e. The van der Waals surface area contributed by atoms with Crippen LogP contribution in [0, 0.1) is 12.7 Å². The second-order valence-electron chi connectivity index (χ2n) is 12.4. The molecule has 0 bridgehead atoms. The van der Waals surface area contributed by atoms with E-state index >= 15 is 0 Å². The lowest BCUT2D eigenvalue weighted by atomic mass is 10.1. The number of rotatable bonds is 7. The molecule has 4 aliphatic rings. The van der Waals surface area contributed by atoms with Crippen molar-refractivity contribution in [3.8, 4) is 11.5 Å². The molecule has 4 aliphatic heterocycles. The molecular weight excluding hydrogens is 587 g/mol. The number of benzene rings is 2. The Balaban J connectivity index is 0.957. The van der Waals surface area contributed by atoms with Gasteiger partial charge in [-0.2, -0.15) is 0 Å². The molecule has 7 rings (SSSR count). The number of anilines is 1. The van der Waals surface area contributed by atoms with Crippen molar-refractivity contribution < 1.29 is 19.0 Å². The smallest absolute Gasteiger partial charge is 0.251 e. The number of piperazine rings is 1. The van der Waals surface area contributed by atoms with Crippen LogP contribution in [0.15, 0.2) is 66.3 Å². The summed E-state index contributed by atoms with van der Waals surface area (Å²) in [7, 11) is 0. The lowest BCUT2D eigenvalue weighted by molar-refractivity contribution is 0.0965. The lowest BCUT2D eigenvalue weighted by Gasteiger charge is -2.36. The topological polar surface area (TPSA) is 145 Å². The molecule has 240 valence electrons. The highest BCUT2D eigenvalue weighted by Crippen LogP contribution is 2.32. The zero-order valence-corrected chi connectivity index (χ0v) is 25.8. The number of amides is 1. The van der Waals surface area contributed by atoms with Crippen molar-refractivity contribution in [2.24, 2.45) is 11.5 Å². The van der Waals surface area contributed by atoms with Gasteiger partial charge in [0.05, 0.1) is 30.2 Å². The van der Waals surface area contributed by atoms with Gasteiger partial charge in [-0.15, -0.1) is 0 Å². The highest BCUT2D eigenvalue weighted by Gasteiger charge is 2.37. The molecule has 0 spiro atoms. The fraction of sp³-hybridized carbons (Fsp3) is 0.353. The molecule has 1 amide bonds. The first kappa shape index (κ1) is 29.7. The fourth-order valence-electron chi connectivity index (χ4n) is 6.83. The van der Waals surface area contributed by atoms with Crippen LogP contribution >= 0.6 is 0 Å². The number of aromatic nitrogens is 1. The van der Waals surface area contributed by atoms with Crippen molar-refractivity contribution in [3.63, 3.8) is 0 Å². The molecule has 11 nitrogen and oxygen atoms in total. The van der Waals surface area contributed by atoms with Crippen molar-refractivity contribution in [2.45, 2.75) is 38.6 Å². The second-order valence-corrected chi connectivity index (χ2v) is 12.4. The quantitative estimate of drug-likeness (QED) is 0.265. The third-order valence-corrected chi connectivity index (χ3v) is 9.43. The number of hydrogen-bond donors (Lipinski definition) is 5. The molecule has 2 unspecified atom stereocenters. The highest BCUT2D eigenvalue weighted by atomic mass is 19.1. The van der Waals surface area contributed by atoms with Gasteiger partial charge in [-0.3, -0.25) is 14.7 Å². The van der Waals surface area contributed by atoms with E-state index in [0.717, 1.165) is 73.0 Å². The standard InChI is InChI=1S/C34H39FN8O3/c1-20-11-24(17-38-30(20)19-41-7-9-42(10-8-41)22-6-5-21-15-40-34(45)27(21)13-22)46-25-12-23-16-39-33(37)31(43(23)18-25)14-29(36)26-3-2-4-28(35)32(26)44/h2-6,11,13-14,17,23,25,39,44H,7-10,12,15-16,18-19,36-37H2,1H3,(H,40,45)/b29-14-. The summed E-state index contributed by atoms with van der Waals surface area (Å²) >= 11 is 0. The van der Waals surface area contributed by atoms with Gasteiger partial charge in [-0.25, -0.2) is 4.39 Å². The summed E-state index contributed by atoms with van der Waals surface area (Å²) in [5, 5.41) is 16.3. The molecule has 2 fully saturated rings. The molecule has 1 aromatic heterocycles. The van der Waals surface area contributed by atoms with E-state index in [4.69, 9.17) is 21.2 Å². The number of para-hydroxylation sites is 1. The van der Waals surface area contributed by atoms with Gasteiger partial charge >= 0.3 is 0 Å². The van der Waals surface area contributed by atoms with Gasteiger partial charge in [0.1, 0.15) is 17.7 Å². The van der Waals surface area contributed by atoms with E-state index in [2.05, 4.69) is 50.5 Å². The molecule has 0 aliphatic carbocycles. The minimum atomic E-state index is -0.731. The van der Waals surface area contributed by atoms with E-state index in [0.29, 0.717) is 31.2 Å². The number of fused-ring (bicyclic) bond motifs is 2. The van der Waals surface area contributed by atoms with Gasteiger partial charge in [0.2, 0.25) is 0 Å². The van der Waals surface area contributed by atoms with Crippen molar-refractivity contribution in [3.05, 3.63) is 100 Å². The first-order valence-electron chi connectivity index (χ1n) is 15.7. The van der Waals surface area contributed by atoms with Crippen LogP contribution in [-0.4, -0.2) is 77.2 Å². The monoisotopic (exact) mass is 626 g/mol. The van der Waals surface area contributed by atoms with Gasteiger partial charge in [-0.05, 0) is 54.5 Å². The summed E-state index contributed by atoms with van der Waals surface area (Å²) in [5.74, 6) is -0.0106. The second kappa shape index (κ2) is 12.1. The van der Waals surface area contributed by atoms with Gasteiger partial charge in [-0.1, -0.05) is 12.1 Å². The molecule has 2 atom stereocenters. The van der Waals surface area contributed by atoms with Crippen LogP contribution in [0.4, 0.5) is 10.1 Å². The molecule has 5 heterocycles. The molecule has 3 aromatic rings. The molecule has 12 heteroatoms. The van der Waals surface area contributed by atoms with Crippen molar-refractivity contribution in [1.29, 1.82) is 0 Å². The van der Waals surface area contributed by atoms with E-state index in [-0.39, 0.29) is 29.3 Å². The Bertz CT molecular complexity index is 1740. The lowest BCUT2D eigenvalue weighted by Crippen LogP contribution is -2.46. The summed E-state index contributed by atoms with van der Waals surface area (Å²) in [5.41, 5.74) is 18.8. The van der Waals surface area contributed by atoms with Crippen LogP contribution < -0.4 is 31.7 Å². The number of pyridine rings is 1. The van der Waals surface area contributed by atoms with Crippen molar-refractivity contribution in [1.82, 2.24) is 25.4 Å². The Labute approximate surface area is 267 Å². The number of nitrogens with zero attached hydrogens (tertiary/aromatic N) is 4. The molecule has 46 heavy (non-hydrogen) atoms. The molecule has 2 aromatic carbocycles. The molecule has 0 saturated carbocycles. The number of ether oxygens (including phenoxy) is 1. The minimum absolute atomic E-state index is 0.0124. The number of aryl methyl sites for hydroxylation is 1.